The summed E-state index contributed by atoms with van der Waals surface area (Å²) in [5, 5.41) is 1.02. The van der Waals surface area contributed by atoms with E-state index >= 15 is 0 Å². The van der Waals surface area contributed by atoms with Crippen molar-refractivity contribution in [1.82, 2.24) is 9.36 Å². The average Bonchev–Trinajstić information content (AvgIpc) is 2.34. The van der Waals surface area contributed by atoms with Crippen LogP contribution in [-0.4, -0.2) is 16.5 Å². The van der Waals surface area contributed by atoms with E-state index in [1.807, 2.05) is 0 Å². The van der Waals surface area contributed by atoms with Crippen LogP contribution in [0.15, 0.2) is 0 Å². The van der Waals surface area contributed by atoms with Gasteiger partial charge in [0.15, 0.2) is 0 Å². The Balaban J connectivity index is 2.78. The van der Waals surface area contributed by atoms with E-state index in [1.54, 1.807) is 7.11 Å². The van der Waals surface area contributed by atoms with Crippen molar-refractivity contribution in [3.05, 3.63) is 5.01 Å². The third kappa shape index (κ3) is 1.44. The summed E-state index contributed by atoms with van der Waals surface area (Å²) in [5.74, 6) is 0.446. The Bertz CT molecular complexity index is 209. The van der Waals surface area contributed by atoms with Gasteiger partial charge in [0, 0.05) is 5.92 Å². The molecule has 0 spiro atoms. The van der Waals surface area contributed by atoms with Crippen molar-refractivity contribution in [2.45, 2.75) is 19.8 Å². The molecule has 4 heteroatoms. The highest BCUT2D eigenvalue weighted by Crippen LogP contribution is 2.18. The van der Waals surface area contributed by atoms with Crippen LogP contribution in [0.2, 0.25) is 0 Å². The van der Waals surface area contributed by atoms with Crippen molar-refractivity contribution in [1.29, 1.82) is 0 Å². The number of hydrogen-bond acceptors (Lipinski definition) is 4. The standard InChI is InChI=1S/C6H10N2OS/c1-4(2)5-7-6(9-3)8-10-5/h4H,1-3H3. The maximum atomic E-state index is 4.83. The van der Waals surface area contributed by atoms with Crippen molar-refractivity contribution in [3.8, 4) is 6.01 Å². The molecule has 1 aromatic rings. The molecule has 0 N–H and O–H groups in total. The third-order valence-electron chi connectivity index (χ3n) is 1.10. The average molecular weight is 158 g/mol. The van der Waals surface area contributed by atoms with Gasteiger partial charge in [-0.2, -0.15) is 4.98 Å². The summed E-state index contributed by atoms with van der Waals surface area (Å²) >= 11 is 1.40. The Hall–Kier alpha value is -0.640. The van der Waals surface area contributed by atoms with Crippen molar-refractivity contribution < 1.29 is 4.74 Å². The van der Waals surface area contributed by atoms with Gasteiger partial charge in [0.25, 0.3) is 0 Å². The van der Waals surface area contributed by atoms with Crippen LogP contribution in [-0.2, 0) is 0 Å². The predicted octanol–water partition coefficient (Wildman–Crippen LogP) is 1.67. The maximum Gasteiger partial charge on any atom is 0.328 e. The number of nitrogens with zero attached hydrogens (tertiary/aromatic N) is 2. The predicted molar refractivity (Wildman–Crippen MR) is 40.6 cm³/mol. The van der Waals surface area contributed by atoms with E-state index in [9.17, 15) is 0 Å². The van der Waals surface area contributed by atoms with Crippen LogP contribution < -0.4 is 4.74 Å². The van der Waals surface area contributed by atoms with Gasteiger partial charge in [0.1, 0.15) is 5.01 Å². The lowest BCUT2D eigenvalue weighted by Gasteiger charge is -1.93. The maximum absolute atomic E-state index is 4.83. The second-order valence-electron chi connectivity index (χ2n) is 2.27. The minimum absolute atomic E-state index is 0.446. The van der Waals surface area contributed by atoms with Gasteiger partial charge >= 0.3 is 6.01 Å². The lowest BCUT2D eigenvalue weighted by atomic mass is 10.2. The van der Waals surface area contributed by atoms with Crippen LogP contribution in [0.1, 0.15) is 24.8 Å². The van der Waals surface area contributed by atoms with Crippen LogP contribution in [0, 0.1) is 0 Å². The molecule has 0 amide bonds. The summed E-state index contributed by atoms with van der Waals surface area (Å²) in [6.07, 6.45) is 0. The fourth-order valence-electron chi connectivity index (χ4n) is 0.538. The van der Waals surface area contributed by atoms with Crippen LogP contribution in [0.4, 0.5) is 0 Å². The first-order valence-corrected chi connectivity index (χ1v) is 3.89. The zero-order chi connectivity index (χ0) is 7.56. The van der Waals surface area contributed by atoms with Crippen molar-refractivity contribution in [2.24, 2.45) is 0 Å². The lowest BCUT2D eigenvalue weighted by Crippen LogP contribution is -1.87. The quantitative estimate of drug-likeness (QED) is 0.656. The van der Waals surface area contributed by atoms with E-state index in [0.29, 0.717) is 11.9 Å². The number of hydrogen-bond donors (Lipinski definition) is 0. The van der Waals surface area contributed by atoms with E-state index in [4.69, 9.17) is 4.74 Å². The highest BCUT2D eigenvalue weighted by Gasteiger charge is 2.06. The first-order valence-electron chi connectivity index (χ1n) is 3.11. The highest BCUT2D eigenvalue weighted by molar-refractivity contribution is 7.05. The summed E-state index contributed by atoms with van der Waals surface area (Å²) < 4.78 is 8.80. The fourth-order valence-corrected chi connectivity index (χ4v) is 1.16. The largest absolute Gasteiger partial charge is 0.466 e. The third-order valence-corrected chi connectivity index (χ3v) is 2.10. The summed E-state index contributed by atoms with van der Waals surface area (Å²) in [4.78, 5) is 4.11. The summed E-state index contributed by atoms with van der Waals surface area (Å²) in [7, 11) is 1.58. The minimum atomic E-state index is 0.446. The second kappa shape index (κ2) is 2.96. The van der Waals surface area contributed by atoms with Gasteiger partial charge in [-0.1, -0.05) is 13.8 Å². The van der Waals surface area contributed by atoms with Gasteiger partial charge < -0.3 is 4.74 Å². The van der Waals surface area contributed by atoms with Crippen LogP contribution in [0.5, 0.6) is 6.01 Å². The second-order valence-corrected chi connectivity index (χ2v) is 3.06. The molecule has 56 valence electrons. The lowest BCUT2D eigenvalue weighted by molar-refractivity contribution is 0.384. The molecule has 1 heterocycles. The Labute approximate surface area is 64.2 Å². The van der Waals surface area contributed by atoms with E-state index in [2.05, 4.69) is 23.2 Å². The first kappa shape index (κ1) is 7.47. The number of methoxy groups -OCH3 is 1. The molecule has 0 saturated heterocycles. The molecule has 0 unspecified atom stereocenters. The molecule has 0 bridgehead atoms. The van der Waals surface area contributed by atoms with E-state index in [1.165, 1.54) is 11.5 Å². The molecule has 0 aromatic carbocycles. The van der Waals surface area contributed by atoms with E-state index < -0.39 is 0 Å². The normalized spacial score (nSPS) is 10.4. The molecule has 0 atom stereocenters. The van der Waals surface area contributed by atoms with Gasteiger partial charge in [0.05, 0.1) is 7.11 Å². The summed E-state index contributed by atoms with van der Waals surface area (Å²) in [6, 6.07) is 0.480. The molecule has 0 saturated carbocycles. The Morgan fingerprint density at radius 1 is 1.50 bits per heavy atom. The molecule has 0 aliphatic carbocycles. The van der Waals surface area contributed by atoms with Crippen LogP contribution >= 0.6 is 11.5 Å². The smallest absolute Gasteiger partial charge is 0.328 e. The Morgan fingerprint density at radius 2 is 2.20 bits per heavy atom. The summed E-state index contributed by atoms with van der Waals surface area (Å²) in [6.45, 7) is 4.17. The molecular formula is C6H10N2OS. The summed E-state index contributed by atoms with van der Waals surface area (Å²) in [5.41, 5.74) is 0. The minimum Gasteiger partial charge on any atom is -0.466 e. The highest BCUT2D eigenvalue weighted by atomic mass is 32.1. The molecule has 3 nitrogen and oxygen atoms in total. The van der Waals surface area contributed by atoms with Crippen molar-refractivity contribution >= 4 is 11.5 Å². The number of ether oxygens (including phenoxy) is 1. The van der Waals surface area contributed by atoms with E-state index in [0.717, 1.165) is 5.01 Å². The van der Waals surface area contributed by atoms with Crippen LogP contribution in [0.3, 0.4) is 0 Å². The van der Waals surface area contributed by atoms with Crippen molar-refractivity contribution in [3.63, 3.8) is 0 Å². The molecule has 0 aliphatic rings. The molecule has 1 aromatic heterocycles. The van der Waals surface area contributed by atoms with E-state index in [-0.39, 0.29) is 0 Å². The van der Waals surface area contributed by atoms with Gasteiger partial charge in [-0.25, -0.2) is 0 Å². The SMILES string of the molecule is COc1nsc(C(C)C)n1. The number of rotatable bonds is 2. The molecule has 0 fully saturated rings. The topological polar surface area (TPSA) is 35.0 Å². The Morgan fingerprint density at radius 3 is 2.50 bits per heavy atom. The molecule has 1 rings (SSSR count). The zero-order valence-corrected chi connectivity index (χ0v) is 7.10. The molecule has 0 aliphatic heterocycles. The van der Waals surface area contributed by atoms with Gasteiger partial charge in [-0.05, 0) is 11.5 Å². The fraction of sp³-hybridized carbons (Fsp3) is 0.667. The Kier molecular flexibility index (Phi) is 2.21. The van der Waals surface area contributed by atoms with Crippen LogP contribution in [0.25, 0.3) is 0 Å². The first-order chi connectivity index (χ1) is 4.74. The molecular weight excluding hydrogens is 148 g/mol. The monoisotopic (exact) mass is 158 g/mol. The molecule has 10 heavy (non-hydrogen) atoms. The zero-order valence-electron chi connectivity index (χ0n) is 6.29. The molecule has 0 radical (unpaired) electrons. The number of aromatic nitrogens is 2. The van der Waals surface area contributed by atoms with Crippen molar-refractivity contribution in [2.75, 3.05) is 7.11 Å². The van der Waals surface area contributed by atoms with Gasteiger partial charge in [0.2, 0.25) is 0 Å². The van der Waals surface area contributed by atoms with Gasteiger partial charge in [-0.15, -0.1) is 4.37 Å². The van der Waals surface area contributed by atoms with Gasteiger partial charge in [-0.3, -0.25) is 0 Å².